The van der Waals surface area contributed by atoms with E-state index in [4.69, 9.17) is 35.4 Å². The molecule has 1 aliphatic carbocycles. The normalized spacial score (nSPS) is 15.0. The minimum absolute atomic E-state index is 0.0449. The minimum Gasteiger partial charge on any atom is -0.381 e. The second-order valence-electron chi connectivity index (χ2n) is 5.27. The molecule has 0 aliphatic heterocycles. The first kappa shape index (κ1) is 16.6. The number of halogens is 5. The lowest BCUT2D eigenvalue weighted by Crippen LogP contribution is -2.14. The maximum absolute atomic E-state index is 13.2. The highest BCUT2D eigenvalue weighted by atomic mass is 35.5. The number of hydrogen-bond donors (Lipinski definition) is 1. The van der Waals surface area contributed by atoms with Gasteiger partial charge in [0.25, 0.3) is 0 Å². The van der Waals surface area contributed by atoms with Crippen molar-refractivity contribution in [1.82, 2.24) is 14.3 Å². The third kappa shape index (κ3) is 3.20. The van der Waals surface area contributed by atoms with Gasteiger partial charge in [0.1, 0.15) is 0 Å². The van der Waals surface area contributed by atoms with Crippen molar-refractivity contribution >= 4 is 41.1 Å². The average molecular weight is 383 g/mol. The van der Waals surface area contributed by atoms with Gasteiger partial charge in [-0.2, -0.15) is 13.2 Å². The Kier molecular flexibility index (Phi) is 4.10. The topological polar surface area (TPSA) is 34.8 Å². The minimum atomic E-state index is -4.67. The molecule has 1 aromatic carbocycles. The number of anilines is 1. The van der Waals surface area contributed by atoms with Crippen molar-refractivity contribution in [3.63, 3.8) is 0 Å². The zero-order valence-corrected chi connectivity index (χ0v) is 14.1. The lowest BCUT2D eigenvalue weighted by molar-refractivity contribution is -0.146. The van der Waals surface area contributed by atoms with Gasteiger partial charge in [-0.15, -0.1) is 5.10 Å². The number of nitrogens with one attached hydrogen (secondary N) is 1. The van der Waals surface area contributed by atoms with Crippen molar-refractivity contribution in [3.05, 3.63) is 32.8 Å². The van der Waals surface area contributed by atoms with Gasteiger partial charge in [-0.1, -0.05) is 23.2 Å². The Morgan fingerprint density at radius 2 is 1.91 bits per heavy atom. The maximum Gasteiger partial charge on any atom is 0.452 e. The maximum atomic E-state index is 13.2. The fourth-order valence-corrected chi connectivity index (χ4v) is 2.82. The summed E-state index contributed by atoms with van der Waals surface area (Å²) in [6, 6.07) is 3.20. The lowest BCUT2D eigenvalue weighted by atomic mass is 10.2. The van der Waals surface area contributed by atoms with Crippen LogP contribution >= 0.6 is 35.4 Å². The molecule has 0 radical (unpaired) electrons. The van der Waals surface area contributed by atoms with Gasteiger partial charge >= 0.3 is 6.18 Å². The number of aryl methyl sites for hydroxylation is 1. The fraction of sp³-hybridized carbons (Fsp3) is 0.385. The summed E-state index contributed by atoms with van der Waals surface area (Å²) < 4.78 is 41.2. The second-order valence-corrected chi connectivity index (χ2v) is 6.44. The highest BCUT2D eigenvalue weighted by Gasteiger charge is 2.39. The van der Waals surface area contributed by atoms with Gasteiger partial charge < -0.3 is 5.32 Å². The Morgan fingerprint density at radius 1 is 1.26 bits per heavy atom. The molecule has 1 aliphatic rings. The molecule has 1 aromatic heterocycles. The van der Waals surface area contributed by atoms with Crippen molar-refractivity contribution in [1.29, 1.82) is 0 Å². The van der Waals surface area contributed by atoms with Crippen LogP contribution in [-0.4, -0.2) is 20.4 Å². The first-order valence-corrected chi connectivity index (χ1v) is 7.84. The largest absolute Gasteiger partial charge is 0.452 e. The molecular weight excluding hydrogens is 372 g/mol. The number of rotatable bonds is 3. The summed E-state index contributed by atoms with van der Waals surface area (Å²) in [5.41, 5.74) is 0.635. The highest BCUT2D eigenvalue weighted by Crippen LogP contribution is 2.37. The zero-order valence-electron chi connectivity index (χ0n) is 11.8. The van der Waals surface area contributed by atoms with Crippen LogP contribution in [0.4, 0.5) is 18.9 Å². The summed E-state index contributed by atoms with van der Waals surface area (Å²) in [5, 5.41) is 6.99. The van der Waals surface area contributed by atoms with Crippen molar-refractivity contribution in [3.8, 4) is 5.69 Å². The molecule has 2 aromatic rings. The summed E-state index contributed by atoms with van der Waals surface area (Å²) in [6.07, 6.45) is -2.61. The lowest BCUT2D eigenvalue weighted by Gasteiger charge is -2.14. The second kappa shape index (κ2) is 5.68. The van der Waals surface area contributed by atoms with Crippen LogP contribution in [0.2, 0.25) is 10.0 Å². The summed E-state index contributed by atoms with van der Waals surface area (Å²) >= 11 is 17.4. The molecule has 4 nitrogen and oxygen atoms in total. The third-order valence-electron chi connectivity index (χ3n) is 3.39. The zero-order chi connectivity index (χ0) is 16.9. The van der Waals surface area contributed by atoms with E-state index in [1.54, 1.807) is 0 Å². The Morgan fingerprint density at radius 3 is 2.48 bits per heavy atom. The van der Waals surface area contributed by atoms with Crippen LogP contribution < -0.4 is 5.32 Å². The van der Waals surface area contributed by atoms with Crippen LogP contribution in [0.1, 0.15) is 18.7 Å². The molecule has 0 amide bonds. The van der Waals surface area contributed by atoms with Gasteiger partial charge in [-0.25, -0.2) is 4.68 Å². The third-order valence-corrected chi connectivity index (χ3v) is 4.45. The Balaban J connectivity index is 2.15. The van der Waals surface area contributed by atoms with E-state index in [1.165, 1.54) is 19.2 Å². The Labute approximate surface area is 144 Å². The molecule has 0 saturated heterocycles. The molecule has 1 heterocycles. The number of hydrogen-bond acceptors (Lipinski definition) is 3. The highest BCUT2D eigenvalue weighted by molar-refractivity contribution is 7.71. The molecule has 0 spiro atoms. The SMILES string of the molecule is Cn1nc(C(F)(F)F)n(-c2cc(Cl)c(NC3CC3)cc2Cl)c1=S. The fourth-order valence-electron chi connectivity index (χ4n) is 2.13. The van der Waals surface area contributed by atoms with Crippen molar-refractivity contribution in [2.75, 3.05) is 5.32 Å². The summed E-state index contributed by atoms with van der Waals surface area (Å²) in [7, 11) is 1.34. The molecular formula is C13H11Cl2F3N4S. The van der Waals surface area contributed by atoms with Crippen LogP contribution in [0.5, 0.6) is 0 Å². The number of alkyl halides is 3. The van der Waals surface area contributed by atoms with E-state index < -0.39 is 12.0 Å². The molecule has 1 saturated carbocycles. The molecule has 124 valence electrons. The molecule has 1 N–H and O–H groups in total. The van der Waals surface area contributed by atoms with Gasteiger partial charge in [-0.3, -0.25) is 4.57 Å². The molecule has 10 heteroatoms. The molecule has 3 rings (SSSR count). The Bertz CT molecular complexity index is 824. The van der Waals surface area contributed by atoms with E-state index in [1.807, 2.05) is 0 Å². The molecule has 0 atom stereocenters. The van der Waals surface area contributed by atoms with E-state index >= 15 is 0 Å². The number of aromatic nitrogens is 3. The average Bonchev–Trinajstić information content (AvgIpc) is 3.20. The van der Waals surface area contributed by atoms with E-state index in [2.05, 4.69) is 10.4 Å². The standard InChI is InChI=1S/C13H11Cl2F3N4S/c1-21-12(23)22(11(20-21)13(16,17)18)10-5-7(14)9(4-8(10)15)19-6-2-3-6/h4-6,19H,2-3H2,1H3. The summed E-state index contributed by atoms with van der Waals surface area (Å²) in [4.78, 5) is 0. The van der Waals surface area contributed by atoms with Gasteiger partial charge in [0.15, 0.2) is 0 Å². The number of benzene rings is 1. The van der Waals surface area contributed by atoms with Gasteiger partial charge in [0, 0.05) is 13.1 Å². The van der Waals surface area contributed by atoms with Gasteiger partial charge in [0.05, 0.1) is 21.4 Å². The summed E-state index contributed by atoms with van der Waals surface area (Å²) in [6.45, 7) is 0. The molecule has 23 heavy (non-hydrogen) atoms. The van der Waals surface area contributed by atoms with Crippen molar-refractivity contribution in [2.45, 2.75) is 25.1 Å². The van der Waals surface area contributed by atoms with Gasteiger partial charge in [-0.05, 0) is 37.2 Å². The first-order valence-electron chi connectivity index (χ1n) is 6.67. The Hall–Kier alpha value is -1.25. The van der Waals surface area contributed by atoms with Crippen LogP contribution in [-0.2, 0) is 13.2 Å². The van der Waals surface area contributed by atoms with E-state index in [0.29, 0.717) is 11.7 Å². The van der Waals surface area contributed by atoms with Crippen LogP contribution in [0.25, 0.3) is 5.69 Å². The predicted octanol–water partition coefficient (Wildman–Crippen LogP) is 4.84. The van der Waals surface area contributed by atoms with Crippen molar-refractivity contribution < 1.29 is 13.2 Å². The monoisotopic (exact) mass is 382 g/mol. The van der Waals surface area contributed by atoms with Crippen LogP contribution in [0.3, 0.4) is 0 Å². The predicted molar refractivity (Wildman–Crippen MR) is 85.0 cm³/mol. The van der Waals surface area contributed by atoms with E-state index in [9.17, 15) is 13.2 Å². The molecule has 1 fully saturated rings. The van der Waals surface area contributed by atoms with Gasteiger partial charge in [0.2, 0.25) is 10.6 Å². The molecule has 0 unspecified atom stereocenters. The number of nitrogens with zero attached hydrogens (tertiary/aromatic N) is 3. The molecule has 0 bridgehead atoms. The quantitative estimate of drug-likeness (QED) is 0.771. The van der Waals surface area contributed by atoms with Crippen molar-refractivity contribution in [2.24, 2.45) is 7.05 Å². The van der Waals surface area contributed by atoms with Crippen LogP contribution in [0.15, 0.2) is 12.1 Å². The van der Waals surface area contributed by atoms with E-state index in [0.717, 1.165) is 22.1 Å². The van der Waals surface area contributed by atoms with E-state index in [-0.39, 0.29) is 20.5 Å². The van der Waals surface area contributed by atoms with Crippen LogP contribution in [0, 0.1) is 4.77 Å². The summed E-state index contributed by atoms with van der Waals surface area (Å²) in [5.74, 6) is -1.15. The smallest absolute Gasteiger partial charge is 0.381 e. The first-order chi connectivity index (χ1) is 10.7.